The maximum Gasteiger partial charge on any atom is 0.306 e. The summed E-state index contributed by atoms with van der Waals surface area (Å²) in [5.41, 5.74) is 1.05. The minimum atomic E-state index is 0.0751. The third-order valence-electron chi connectivity index (χ3n) is 13.4. The first kappa shape index (κ1) is 30.4. The van der Waals surface area contributed by atoms with Gasteiger partial charge in [0, 0.05) is 6.42 Å². The molecule has 4 aliphatic carbocycles. The lowest BCUT2D eigenvalue weighted by Crippen LogP contribution is -2.54. The summed E-state index contributed by atoms with van der Waals surface area (Å²) >= 11 is 0. The molecule has 0 bridgehead atoms. The number of carbonyl (C=O) groups excluding carboxylic acids is 1. The van der Waals surface area contributed by atoms with Gasteiger partial charge in [0.2, 0.25) is 0 Å². The van der Waals surface area contributed by atoms with Gasteiger partial charge in [-0.3, -0.25) is 4.79 Å². The van der Waals surface area contributed by atoms with Crippen molar-refractivity contribution in [1.82, 2.24) is 0 Å². The normalized spacial score (nSPS) is 40.2. The molecule has 0 aromatic rings. The van der Waals surface area contributed by atoms with Crippen LogP contribution in [0.4, 0.5) is 0 Å². The fourth-order valence-electron chi connectivity index (χ4n) is 10.5. The Kier molecular flexibility index (Phi) is 10.4. The van der Waals surface area contributed by atoms with Crippen LogP contribution in [0.5, 0.6) is 0 Å². The van der Waals surface area contributed by atoms with Gasteiger partial charge in [0.05, 0.1) is 0 Å². The lowest BCUT2D eigenvalue weighted by molar-refractivity contribution is -0.162. The van der Waals surface area contributed by atoms with Gasteiger partial charge in [-0.25, -0.2) is 0 Å². The van der Waals surface area contributed by atoms with Crippen LogP contribution in [-0.4, -0.2) is 12.1 Å². The zero-order valence-electron chi connectivity index (χ0n) is 26.5. The number of fused-ring (bicyclic) bond motifs is 5. The van der Waals surface area contributed by atoms with Gasteiger partial charge in [-0.15, -0.1) is 0 Å². The van der Waals surface area contributed by atoms with Crippen LogP contribution in [0.1, 0.15) is 158 Å². The minimum Gasteiger partial charge on any atom is -0.462 e. The van der Waals surface area contributed by atoms with Crippen molar-refractivity contribution < 1.29 is 9.53 Å². The molecule has 0 aromatic heterocycles. The summed E-state index contributed by atoms with van der Waals surface area (Å²) in [4.78, 5) is 12.6. The molecule has 4 rings (SSSR count). The summed E-state index contributed by atoms with van der Waals surface area (Å²) in [6.45, 7) is 17.5. The van der Waals surface area contributed by atoms with Crippen LogP contribution in [-0.2, 0) is 9.53 Å². The van der Waals surface area contributed by atoms with Crippen LogP contribution in [0.3, 0.4) is 0 Å². The first-order valence-electron chi connectivity index (χ1n) is 17.3. The third-order valence-corrected chi connectivity index (χ3v) is 13.4. The molecule has 38 heavy (non-hydrogen) atoms. The van der Waals surface area contributed by atoms with Crippen LogP contribution < -0.4 is 0 Å². The maximum absolute atomic E-state index is 12.6. The van der Waals surface area contributed by atoms with Gasteiger partial charge in [0.25, 0.3) is 0 Å². The van der Waals surface area contributed by atoms with E-state index in [-0.39, 0.29) is 12.1 Å². The second-order valence-electron chi connectivity index (χ2n) is 15.7. The van der Waals surface area contributed by atoms with Gasteiger partial charge in [-0.1, -0.05) is 87.0 Å². The predicted octanol–water partition coefficient (Wildman–Crippen LogP) is 10.6. The van der Waals surface area contributed by atoms with Crippen molar-refractivity contribution in [2.45, 2.75) is 164 Å². The second kappa shape index (κ2) is 13.0. The van der Waals surface area contributed by atoms with E-state index in [4.69, 9.17) is 4.74 Å². The monoisotopic (exact) mass is 528 g/mol. The lowest BCUT2D eigenvalue weighted by Gasteiger charge is -2.61. The molecule has 220 valence electrons. The van der Waals surface area contributed by atoms with E-state index in [9.17, 15) is 4.79 Å². The highest BCUT2D eigenvalue weighted by molar-refractivity contribution is 5.69. The van der Waals surface area contributed by atoms with E-state index in [1.165, 1.54) is 83.5 Å². The zero-order valence-corrected chi connectivity index (χ0v) is 26.5. The summed E-state index contributed by atoms with van der Waals surface area (Å²) in [7, 11) is 0. The summed E-state index contributed by atoms with van der Waals surface area (Å²) in [5.74, 6) is 7.14. The molecule has 0 spiro atoms. The molecule has 0 radical (unpaired) electrons. The Labute approximate surface area is 237 Å². The van der Waals surface area contributed by atoms with Gasteiger partial charge in [-0.2, -0.15) is 0 Å². The molecule has 4 saturated carbocycles. The number of hydrogen-bond acceptors (Lipinski definition) is 2. The number of unbranched alkanes of at least 4 members (excludes halogenated alkanes) is 4. The lowest BCUT2D eigenvalue weighted by atomic mass is 9.44. The Morgan fingerprint density at radius 2 is 1.53 bits per heavy atom. The van der Waals surface area contributed by atoms with Gasteiger partial charge < -0.3 is 4.74 Å². The molecule has 10 atom stereocenters. The molecule has 2 nitrogen and oxygen atoms in total. The minimum absolute atomic E-state index is 0.0751. The summed E-state index contributed by atoms with van der Waals surface area (Å²) < 4.78 is 6.07. The first-order valence-corrected chi connectivity index (χ1v) is 17.3. The molecular formula is C36H64O2. The highest BCUT2D eigenvalue weighted by Gasteiger charge is 2.60. The SMILES string of the molecule is CCCCCCCC(=O)OC1CC[C@@]2(C)C(CC[C@H]3[C@@H]4CC[C@H]([C@H](C)CC[C@H](C)C(C)C)[C@@]4(C)CC[C@@H]32)C1. The Morgan fingerprint density at radius 1 is 0.816 bits per heavy atom. The van der Waals surface area contributed by atoms with Gasteiger partial charge in [0.1, 0.15) is 6.10 Å². The number of esters is 1. The van der Waals surface area contributed by atoms with E-state index in [1.807, 2.05) is 0 Å². The molecule has 0 aliphatic heterocycles. The Balaban J connectivity index is 1.31. The van der Waals surface area contributed by atoms with E-state index >= 15 is 0 Å². The Hall–Kier alpha value is -0.530. The van der Waals surface area contributed by atoms with Crippen molar-refractivity contribution in [3.63, 3.8) is 0 Å². The molecule has 2 unspecified atom stereocenters. The summed E-state index contributed by atoms with van der Waals surface area (Å²) in [6, 6.07) is 0. The maximum atomic E-state index is 12.6. The van der Waals surface area contributed by atoms with Crippen molar-refractivity contribution in [3.05, 3.63) is 0 Å². The topological polar surface area (TPSA) is 26.3 Å². The van der Waals surface area contributed by atoms with Gasteiger partial charge in [0.15, 0.2) is 0 Å². The number of carbonyl (C=O) groups is 1. The predicted molar refractivity (Wildman–Crippen MR) is 161 cm³/mol. The molecule has 0 amide bonds. The highest BCUT2D eigenvalue weighted by Crippen LogP contribution is 2.68. The standard InChI is InChI=1S/C36H64O2/c1-8-9-10-11-12-13-34(37)38-29-20-22-35(6)28(24-29)16-17-30-32-19-18-31(36(32,7)23-21-33(30)35)27(5)15-14-26(4)25(2)3/h25-33H,8-24H2,1-7H3/t26-,27+,28?,29?,30-,31+,32-,33-,35-,36+/m0/s1. The molecule has 4 aliphatic rings. The number of ether oxygens (including phenoxy) is 1. The Morgan fingerprint density at radius 3 is 2.26 bits per heavy atom. The van der Waals surface area contributed by atoms with E-state index < -0.39 is 0 Å². The zero-order chi connectivity index (χ0) is 27.5. The van der Waals surface area contributed by atoms with Gasteiger partial charge in [-0.05, 0) is 122 Å². The first-order chi connectivity index (χ1) is 18.1. The smallest absolute Gasteiger partial charge is 0.306 e. The molecule has 0 saturated heterocycles. The van der Waals surface area contributed by atoms with Gasteiger partial charge >= 0.3 is 5.97 Å². The molecule has 2 heteroatoms. The molecule has 0 aromatic carbocycles. The highest BCUT2D eigenvalue weighted by atomic mass is 16.5. The molecular weight excluding hydrogens is 464 g/mol. The average Bonchev–Trinajstić information content (AvgIpc) is 3.24. The average molecular weight is 529 g/mol. The molecule has 4 fully saturated rings. The third kappa shape index (κ3) is 6.35. The van der Waals surface area contributed by atoms with Crippen LogP contribution in [0.25, 0.3) is 0 Å². The summed E-state index contributed by atoms with van der Waals surface area (Å²) in [5, 5.41) is 0. The summed E-state index contributed by atoms with van der Waals surface area (Å²) in [6.07, 6.45) is 21.9. The van der Waals surface area contributed by atoms with Crippen molar-refractivity contribution in [1.29, 1.82) is 0 Å². The number of hydrogen-bond donors (Lipinski definition) is 0. The quantitative estimate of drug-likeness (QED) is 0.186. The van der Waals surface area contributed by atoms with Crippen LogP contribution >= 0.6 is 0 Å². The Bertz CT molecular complexity index is 758. The second-order valence-corrected chi connectivity index (χ2v) is 15.7. The molecule has 0 heterocycles. The van der Waals surface area contributed by atoms with Crippen molar-refractivity contribution in [2.24, 2.45) is 58.2 Å². The van der Waals surface area contributed by atoms with Crippen LogP contribution in [0.2, 0.25) is 0 Å². The van der Waals surface area contributed by atoms with Crippen molar-refractivity contribution in [2.75, 3.05) is 0 Å². The molecule has 0 N–H and O–H groups in total. The van der Waals surface area contributed by atoms with Crippen LogP contribution in [0, 0.1) is 58.2 Å². The van der Waals surface area contributed by atoms with E-state index in [0.29, 0.717) is 17.3 Å². The largest absolute Gasteiger partial charge is 0.462 e. The van der Waals surface area contributed by atoms with Crippen molar-refractivity contribution in [3.8, 4) is 0 Å². The van der Waals surface area contributed by atoms with Crippen LogP contribution in [0.15, 0.2) is 0 Å². The van der Waals surface area contributed by atoms with E-state index in [0.717, 1.165) is 66.6 Å². The fourth-order valence-corrected chi connectivity index (χ4v) is 10.5. The number of rotatable bonds is 12. The fraction of sp³-hybridized carbons (Fsp3) is 0.972. The van der Waals surface area contributed by atoms with E-state index in [1.54, 1.807) is 0 Å². The van der Waals surface area contributed by atoms with E-state index in [2.05, 4.69) is 48.5 Å². The van der Waals surface area contributed by atoms with Crippen molar-refractivity contribution >= 4 is 5.97 Å².